The van der Waals surface area contributed by atoms with Gasteiger partial charge in [0.1, 0.15) is 5.02 Å². The molecule has 0 aliphatic carbocycles. The van der Waals surface area contributed by atoms with Gasteiger partial charge in [0.2, 0.25) is 0 Å². The summed E-state index contributed by atoms with van der Waals surface area (Å²) in [7, 11) is 0. The van der Waals surface area contributed by atoms with Gasteiger partial charge in [-0.1, -0.05) is 11.6 Å². The van der Waals surface area contributed by atoms with E-state index in [1.807, 2.05) is 4.90 Å². The van der Waals surface area contributed by atoms with Crippen LogP contribution >= 0.6 is 11.6 Å². The van der Waals surface area contributed by atoms with Crippen LogP contribution in [0.25, 0.3) is 5.82 Å². The molecular weight excluding hydrogens is 425 g/mol. The largest absolute Gasteiger partial charge is 0.417 e. The number of urea groups is 1. The van der Waals surface area contributed by atoms with E-state index in [0.29, 0.717) is 38.1 Å². The summed E-state index contributed by atoms with van der Waals surface area (Å²) in [5.41, 5.74) is -1.18. The van der Waals surface area contributed by atoms with E-state index in [1.54, 1.807) is 4.90 Å². The fraction of sp³-hybridized carbons (Fsp3) is 0.444. The summed E-state index contributed by atoms with van der Waals surface area (Å²) >= 11 is 6.31. The summed E-state index contributed by atoms with van der Waals surface area (Å²) in [4.78, 5) is 32.0. The number of nitrogens with one attached hydrogen (secondary N) is 1. The molecule has 4 heterocycles. The van der Waals surface area contributed by atoms with Gasteiger partial charge >= 0.3 is 12.2 Å². The van der Waals surface area contributed by atoms with Gasteiger partial charge in [-0.25, -0.2) is 9.78 Å². The standard InChI is InChI=1S/C18H18ClF3N6O2/c19-15-13(26-6-1-2-12(10-26)27-7-5-23-17(27)30)9-25-28(16(15)29)14-4-3-11(8-24-14)18(20,21)22/h3-4,8-9,12H,1-2,5-7,10H2,(H,23,30). The zero-order chi connectivity index (χ0) is 21.5. The van der Waals surface area contributed by atoms with Gasteiger partial charge in [0.05, 0.1) is 23.5 Å². The molecule has 2 aliphatic heterocycles. The lowest BCUT2D eigenvalue weighted by Gasteiger charge is -2.38. The molecule has 2 aromatic rings. The smallest absolute Gasteiger partial charge is 0.367 e. The summed E-state index contributed by atoms with van der Waals surface area (Å²) in [5.74, 6) is -0.0632. The fourth-order valence-corrected chi connectivity index (χ4v) is 4.00. The van der Waals surface area contributed by atoms with Crippen molar-refractivity contribution in [3.8, 4) is 5.82 Å². The van der Waals surface area contributed by atoms with E-state index in [4.69, 9.17) is 11.6 Å². The van der Waals surface area contributed by atoms with Crippen molar-refractivity contribution in [1.82, 2.24) is 25.0 Å². The Kier molecular flexibility index (Phi) is 5.31. The maximum absolute atomic E-state index is 12.7. The van der Waals surface area contributed by atoms with Crippen LogP contribution < -0.4 is 15.8 Å². The van der Waals surface area contributed by atoms with Gasteiger partial charge in [0.25, 0.3) is 5.56 Å². The van der Waals surface area contributed by atoms with E-state index in [9.17, 15) is 22.8 Å². The summed E-state index contributed by atoms with van der Waals surface area (Å²) in [6, 6.07) is 1.79. The van der Waals surface area contributed by atoms with Crippen LogP contribution in [0, 0.1) is 0 Å². The molecule has 2 fully saturated rings. The second-order valence-electron chi connectivity index (χ2n) is 7.13. The molecule has 4 rings (SSSR count). The Balaban J connectivity index is 1.58. The topological polar surface area (TPSA) is 83.4 Å². The number of amides is 2. The third-order valence-corrected chi connectivity index (χ3v) is 5.62. The van der Waals surface area contributed by atoms with Crippen molar-refractivity contribution < 1.29 is 18.0 Å². The minimum absolute atomic E-state index is 0.00340. The van der Waals surface area contributed by atoms with Gasteiger partial charge in [0.15, 0.2) is 5.82 Å². The van der Waals surface area contributed by atoms with E-state index in [0.717, 1.165) is 29.7 Å². The predicted molar refractivity (Wildman–Crippen MR) is 103 cm³/mol. The number of piperidine rings is 1. The van der Waals surface area contributed by atoms with Crippen LogP contribution in [0.2, 0.25) is 5.02 Å². The molecule has 8 nitrogen and oxygen atoms in total. The Morgan fingerprint density at radius 3 is 2.60 bits per heavy atom. The molecular formula is C18H18ClF3N6O2. The van der Waals surface area contributed by atoms with E-state index >= 15 is 0 Å². The molecule has 12 heteroatoms. The Bertz CT molecular complexity index is 1010. The number of aromatic nitrogens is 3. The van der Waals surface area contributed by atoms with Crippen molar-refractivity contribution in [2.45, 2.75) is 25.1 Å². The molecule has 160 valence electrons. The first-order valence-electron chi connectivity index (χ1n) is 9.36. The first kappa shape index (κ1) is 20.5. The van der Waals surface area contributed by atoms with Gasteiger partial charge in [-0.2, -0.15) is 23.0 Å². The monoisotopic (exact) mass is 442 g/mol. The van der Waals surface area contributed by atoms with Crippen molar-refractivity contribution >= 4 is 23.3 Å². The maximum Gasteiger partial charge on any atom is 0.417 e. The van der Waals surface area contributed by atoms with Crippen LogP contribution in [-0.2, 0) is 6.18 Å². The van der Waals surface area contributed by atoms with Gasteiger partial charge in [0, 0.05) is 32.4 Å². The molecule has 0 bridgehead atoms. The summed E-state index contributed by atoms with van der Waals surface area (Å²) in [6.45, 7) is 2.39. The average molecular weight is 443 g/mol. The quantitative estimate of drug-likeness (QED) is 0.788. The van der Waals surface area contributed by atoms with Crippen molar-refractivity contribution in [3.05, 3.63) is 45.5 Å². The highest BCUT2D eigenvalue weighted by Gasteiger charge is 2.33. The van der Waals surface area contributed by atoms with Crippen LogP contribution in [0.1, 0.15) is 18.4 Å². The van der Waals surface area contributed by atoms with Crippen molar-refractivity contribution in [2.75, 3.05) is 31.1 Å². The Morgan fingerprint density at radius 1 is 1.17 bits per heavy atom. The van der Waals surface area contributed by atoms with Crippen molar-refractivity contribution in [2.24, 2.45) is 0 Å². The van der Waals surface area contributed by atoms with E-state index in [1.165, 1.54) is 6.20 Å². The number of hydrogen-bond donors (Lipinski definition) is 1. The zero-order valence-electron chi connectivity index (χ0n) is 15.7. The molecule has 2 aliphatic rings. The summed E-state index contributed by atoms with van der Waals surface area (Å²) in [6.07, 6.45) is -0.824. The van der Waals surface area contributed by atoms with Crippen LogP contribution in [-0.4, -0.2) is 57.9 Å². The molecule has 2 aromatic heterocycles. The fourth-order valence-electron chi connectivity index (χ4n) is 3.75. The molecule has 0 aromatic carbocycles. The number of hydrogen-bond acceptors (Lipinski definition) is 5. The number of carbonyl (C=O) groups excluding carboxylic acids is 1. The summed E-state index contributed by atoms with van der Waals surface area (Å²) < 4.78 is 39.0. The van der Waals surface area contributed by atoms with E-state index in [2.05, 4.69) is 15.4 Å². The predicted octanol–water partition coefficient (Wildman–Crippen LogP) is 2.29. The molecule has 30 heavy (non-hydrogen) atoms. The van der Waals surface area contributed by atoms with Crippen LogP contribution in [0.5, 0.6) is 0 Å². The zero-order valence-corrected chi connectivity index (χ0v) is 16.4. The highest BCUT2D eigenvalue weighted by Crippen LogP contribution is 2.29. The van der Waals surface area contributed by atoms with Gasteiger partial charge < -0.3 is 15.1 Å². The third-order valence-electron chi connectivity index (χ3n) is 5.26. The number of pyridine rings is 1. The van der Waals surface area contributed by atoms with Crippen molar-refractivity contribution in [1.29, 1.82) is 0 Å². The molecule has 2 amide bonds. The first-order chi connectivity index (χ1) is 14.3. The minimum Gasteiger partial charge on any atom is -0.367 e. The molecule has 2 saturated heterocycles. The first-order valence-corrected chi connectivity index (χ1v) is 9.74. The van der Waals surface area contributed by atoms with Crippen LogP contribution in [0.3, 0.4) is 0 Å². The lowest BCUT2D eigenvalue weighted by Crippen LogP contribution is -2.49. The molecule has 0 spiro atoms. The third kappa shape index (κ3) is 3.81. The Hall–Kier alpha value is -2.82. The molecule has 0 saturated carbocycles. The highest BCUT2D eigenvalue weighted by atomic mass is 35.5. The van der Waals surface area contributed by atoms with Crippen LogP contribution in [0.15, 0.2) is 29.3 Å². The number of nitrogens with zero attached hydrogens (tertiary/aromatic N) is 5. The summed E-state index contributed by atoms with van der Waals surface area (Å²) in [5, 5.41) is 6.74. The Morgan fingerprint density at radius 2 is 1.97 bits per heavy atom. The van der Waals surface area contributed by atoms with E-state index < -0.39 is 17.3 Å². The number of alkyl halides is 3. The molecule has 0 radical (unpaired) electrons. The second kappa shape index (κ2) is 7.78. The molecule has 1 atom stereocenters. The number of halogens is 4. The Labute approximate surface area is 174 Å². The van der Waals surface area contributed by atoms with Gasteiger partial charge in [-0.15, -0.1) is 0 Å². The minimum atomic E-state index is -4.53. The maximum atomic E-state index is 12.7. The lowest BCUT2D eigenvalue weighted by molar-refractivity contribution is -0.137. The molecule has 1 N–H and O–H groups in total. The SMILES string of the molecule is O=C1NCCN1C1CCCN(c2cnn(-c3ccc(C(F)(F)F)cn3)c(=O)c2Cl)C1. The van der Waals surface area contributed by atoms with Crippen LogP contribution in [0.4, 0.5) is 23.7 Å². The lowest BCUT2D eigenvalue weighted by atomic mass is 10.0. The van der Waals surface area contributed by atoms with E-state index in [-0.39, 0.29) is 22.9 Å². The number of carbonyl (C=O) groups is 1. The number of rotatable bonds is 3. The highest BCUT2D eigenvalue weighted by molar-refractivity contribution is 6.33. The molecule has 1 unspecified atom stereocenters. The normalized spacial score (nSPS) is 19.9. The number of anilines is 1. The average Bonchev–Trinajstić information content (AvgIpc) is 3.15. The van der Waals surface area contributed by atoms with Crippen molar-refractivity contribution in [3.63, 3.8) is 0 Å². The van der Waals surface area contributed by atoms with Gasteiger partial charge in [-0.05, 0) is 25.0 Å². The van der Waals surface area contributed by atoms with Gasteiger partial charge in [-0.3, -0.25) is 4.79 Å². The second-order valence-corrected chi connectivity index (χ2v) is 7.51.